The number of amidine groups is 1. The number of hydrogen-bond acceptors (Lipinski definition) is 4. The average Bonchev–Trinajstić information content (AvgIpc) is 3.34. The lowest BCUT2D eigenvalue weighted by atomic mass is 9.86. The molecule has 170 valence electrons. The van der Waals surface area contributed by atoms with E-state index < -0.39 is 11.7 Å². The Bertz CT molecular complexity index is 1020. The van der Waals surface area contributed by atoms with Crippen LogP contribution in [0.15, 0.2) is 40.4 Å². The maximum absolute atomic E-state index is 13.4. The number of aliphatic imine (C=N–C) groups is 1. The summed E-state index contributed by atoms with van der Waals surface area (Å²) in [6.07, 6.45) is -3.60. The van der Waals surface area contributed by atoms with Crippen LogP contribution in [0.3, 0.4) is 0 Å². The van der Waals surface area contributed by atoms with Gasteiger partial charge < -0.3 is 14.5 Å². The minimum absolute atomic E-state index is 0.0231. The molecule has 1 saturated heterocycles. The van der Waals surface area contributed by atoms with E-state index in [2.05, 4.69) is 4.99 Å². The lowest BCUT2D eigenvalue weighted by Crippen LogP contribution is -2.43. The molecule has 3 aliphatic heterocycles. The number of alkyl halides is 3. The minimum Gasteiger partial charge on any atom is -0.375 e. The molecular weight excluding hydrogens is 425 g/mol. The summed E-state index contributed by atoms with van der Waals surface area (Å²) >= 11 is 0. The van der Waals surface area contributed by atoms with Crippen molar-refractivity contribution in [1.82, 2.24) is 9.80 Å². The Balaban J connectivity index is 1.43. The molecule has 4 rings (SSSR count). The number of halogens is 3. The number of likely N-dealkylation sites (tertiary alicyclic amines) is 1. The molecule has 3 aliphatic rings. The van der Waals surface area contributed by atoms with Gasteiger partial charge in [0.15, 0.2) is 5.84 Å². The van der Waals surface area contributed by atoms with E-state index in [0.29, 0.717) is 37.1 Å². The van der Waals surface area contributed by atoms with E-state index in [-0.39, 0.29) is 54.5 Å². The van der Waals surface area contributed by atoms with Crippen molar-refractivity contribution in [1.29, 1.82) is 5.41 Å². The Kier molecular flexibility index (Phi) is 5.89. The smallest absolute Gasteiger partial charge is 0.375 e. The zero-order valence-corrected chi connectivity index (χ0v) is 17.5. The molecule has 10 heteroatoms. The van der Waals surface area contributed by atoms with Gasteiger partial charge in [0.1, 0.15) is 12.3 Å². The number of amides is 2. The highest BCUT2D eigenvalue weighted by molar-refractivity contribution is 6.50. The zero-order chi connectivity index (χ0) is 23.0. The van der Waals surface area contributed by atoms with Gasteiger partial charge in [-0.15, -0.1) is 0 Å². The van der Waals surface area contributed by atoms with Crippen LogP contribution in [0.25, 0.3) is 0 Å². The van der Waals surface area contributed by atoms with Crippen LogP contribution in [-0.4, -0.2) is 73.1 Å². The van der Waals surface area contributed by atoms with Crippen molar-refractivity contribution in [2.45, 2.75) is 24.9 Å². The molecule has 1 aromatic carbocycles. The number of nitrogens with one attached hydrogen (secondary N) is 1. The van der Waals surface area contributed by atoms with Crippen LogP contribution in [0, 0.1) is 5.41 Å². The highest BCUT2D eigenvalue weighted by Gasteiger charge is 2.40. The largest absolute Gasteiger partial charge is 0.416 e. The Labute approximate surface area is 183 Å². The third-order valence-electron chi connectivity index (χ3n) is 6.17. The molecule has 3 heterocycles. The molecule has 7 nitrogen and oxygen atoms in total. The van der Waals surface area contributed by atoms with Gasteiger partial charge in [-0.1, -0.05) is 18.2 Å². The summed E-state index contributed by atoms with van der Waals surface area (Å²) in [5.74, 6) is -0.886. The second-order valence-corrected chi connectivity index (χ2v) is 8.10. The number of rotatable bonds is 4. The number of nitrogens with zero attached hydrogens (tertiary/aromatic N) is 3. The van der Waals surface area contributed by atoms with Crippen LogP contribution in [0.5, 0.6) is 0 Å². The van der Waals surface area contributed by atoms with Crippen LogP contribution < -0.4 is 0 Å². The number of benzene rings is 1. The van der Waals surface area contributed by atoms with Crippen molar-refractivity contribution >= 4 is 23.4 Å². The summed E-state index contributed by atoms with van der Waals surface area (Å²) in [6, 6.07) is 5.59. The van der Waals surface area contributed by atoms with Gasteiger partial charge in [-0.3, -0.25) is 15.0 Å². The first kappa shape index (κ1) is 22.2. The lowest BCUT2D eigenvalue weighted by molar-refractivity contribution is -0.138. The molecule has 0 saturated carbocycles. The van der Waals surface area contributed by atoms with E-state index in [1.165, 1.54) is 24.1 Å². The highest BCUT2D eigenvalue weighted by atomic mass is 19.4. The Morgan fingerprint density at radius 3 is 2.44 bits per heavy atom. The second kappa shape index (κ2) is 8.50. The van der Waals surface area contributed by atoms with Gasteiger partial charge >= 0.3 is 6.18 Å². The van der Waals surface area contributed by atoms with Crippen LogP contribution in [0.1, 0.15) is 29.9 Å². The average molecular weight is 448 g/mol. The second-order valence-electron chi connectivity index (χ2n) is 8.10. The number of ether oxygens (including phenoxy) is 1. The number of carbonyl (C=O) groups is 2. The van der Waals surface area contributed by atoms with Crippen LogP contribution in [0.4, 0.5) is 13.2 Å². The Morgan fingerprint density at radius 2 is 1.78 bits per heavy atom. The molecule has 0 radical (unpaired) electrons. The van der Waals surface area contributed by atoms with Crippen molar-refractivity contribution < 1.29 is 27.5 Å². The molecule has 0 atom stereocenters. The fraction of sp³-hybridized carbons (Fsp3) is 0.455. The summed E-state index contributed by atoms with van der Waals surface area (Å²) < 4.78 is 45.0. The molecular formula is C22H23F3N4O3. The van der Waals surface area contributed by atoms with E-state index in [9.17, 15) is 22.8 Å². The maximum Gasteiger partial charge on any atom is 0.416 e. The Morgan fingerprint density at radius 1 is 1.12 bits per heavy atom. The summed E-state index contributed by atoms with van der Waals surface area (Å²) in [5, 5.41) is 8.08. The molecule has 2 amide bonds. The molecule has 0 unspecified atom stereocenters. The molecule has 32 heavy (non-hydrogen) atoms. The lowest BCUT2D eigenvalue weighted by Gasteiger charge is -2.33. The maximum atomic E-state index is 13.4. The van der Waals surface area contributed by atoms with E-state index in [1.807, 2.05) is 0 Å². The van der Waals surface area contributed by atoms with Crippen molar-refractivity contribution in [2.24, 2.45) is 4.99 Å². The van der Waals surface area contributed by atoms with Crippen LogP contribution in [-0.2, 0) is 20.5 Å². The van der Waals surface area contributed by atoms with Crippen LogP contribution in [0.2, 0.25) is 0 Å². The predicted molar refractivity (Wildman–Crippen MR) is 111 cm³/mol. The topological polar surface area (TPSA) is 86.1 Å². The molecule has 0 bridgehead atoms. The number of hydrogen-bond donors (Lipinski definition) is 1. The zero-order valence-electron chi connectivity index (χ0n) is 17.5. The van der Waals surface area contributed by atoms with Gasteiger partial charge in [-0.05, 0) is 30.4 Å². The summed E-state index contributed by atoms with van der Waals surface area (Å²) in [7, 11) is 1.42. The molecule has 0 spiro atoms. The van der Waals surface area contributed by atoms with E-state index in [0.717, 1.165) is 6.07 Å². The first-order chi connectivity index (χ1) is 15.2. The van der Waals surface area contributed by atoms with E-state index in [1.54, 1.807) is 11.0 Å². The van der Waals surface area contributed by atoms with Crippen LogP contribution >= 0.6 is 0 Å². The monoisotopic (exact) mass is 448 g/mol. The summed E-state index contributed by atoms with van der Waals surface area (Å²) in [6.45, 7) is 0.933. The summed E-state index contributed by atoms with van der Waals surface area (Å²) in [4.78, 5) is 32.5. The van der Waals surface area contributed by atoms with Gasteiger partial charge in [0.25, 0.3) is 5.91 Å². The predicted octanol–water partition coefficient (Wildman–Crippen LogP) is 2.63. The van der Waals surface area contributed by atoms with E-state index >= 15 is 0 Å². The third-order valence-corrected chi connectivity index (χ3v) is 6.17. The third kappa shape index (κ3) is 4.06. The first-order valence-electron chi connectivity index (χ1n) is 10.3. The number of carbonyl (C=O) groups excluding carboxylic acids is 2. The molecule has 1 N–H and O–H groups in total. The van der Waals surface area contributed by atoms with Crippen molar-refractivity contribution in [3.8, 4) is 0 Å². The SMILES string of the molecule is COCC(=O)N1CC2=C(C1)C(C(=O)N1CCC(c3ccccc3C(F)(F)F)CC1)=NC2=N. The molecule has 0 aromatic heterocycles. The quantitative estimate of drug-likeness (QED) is 0.769. The normalized spacial score (nSPS) is 19.5. The van der Waals surface area contributed by atoms with Gasteiger partial charge in [0, 0.05) is 37.9 Å². The van der Waals surface area contributed by atoms with Crippen molar-refractivity contribution in [3.63, 3.8) is 0 Å². The number of piperidine rings is 1. The molecule has 1 aromatic rings. The van der Waals surface area contributed by atoms with Gasteiger partial charge in [-0.25, -0.2) is 4.99 Å². The summed E-state index contributed by atoms with van der Waals surface area (Å²) in [5.41, 5.74) is 0.938. The Hall–Kier alpha value is -3.01. The van der Waals surface area contributed by atoms with Gasteiger partial charge in [0.2, 0.25) is 5.91 Å². The first-order valence-corrected chi connectivity index (χ1v) is 10.3. The van der Waals surface area contributed by atoms with Gasteiger partial charge in [-0.2, -0.15) is 13.2 Å². The highest BCUT2D eigenvalue weighted by Crippen LogP contribution is 2.39. The molecule has 1 fully saturated rings. The number of methoxy groups -OCH3 is 1. The van der Waals surface area contributed by atoms with Gasteiger partial charge in [0.05, 0.1) is 12.1 Å². The van der Waals surface area contributed by atoms with E-state index in [4.69, 9.17) is 10.1 Å². The van der Waals surface area contributed by atoms with Crippen molar-refractivity contribution in [2.75, 3.05) is 39.9 Å². The fourth-order valence-corrected chi connectivity index (χ4v) is 4.53. The van der Waals surface area contributed by atoms with Crippen molar-refractivity contribution in [3.05, 3.63) is 46.5 Å². The fourth-order valence-electron chi connectivity index (χ4n) is 4.53. The standard InChI is InChI=1S/C22H23F3N4O3/c1-32-12-18(30)29-10-15-16(11-29)20(26)27-19(15)21(31)28-8-6-13(7-9-28)14-4-2-3-5-17(14)22(23,24)25/h2-5,13,26H,6-12H2,1H3. The minimum atomic E-state index is -4.42. The molecule has 0 aliphatic carbocycles.